The topological polar surface area (TPSA) is 75.7 Å². The highest BCUT2D eigenvalue weighted by Gasteiger charge is 2.20. The van der Waals surface area contributed by atoms with Crippen molar-refractivity contribution in [1.82, 2.24) is 0 Å². The highest BCUT2D eigenvalue weighted by Crippen LogP contribution is 2.30. The minimum absolute atomic E-state index is 0.0655. The lowest BCUT2D eigenvalue weighted by Gasteiger charge is -2.21. The quantitative estimate of drug-likeness (QED) is 0.709. The molecule has 0 radical (unpaired) electrons. The Bertz CT molecular complexity index is 373. The zero-order valence-corrected chi connectivity index (χ0v) is 11.2. The van der Waals surface area contributed by atoms with Crippen molar-refractivity contribution in [1.29, 1.82) is 0 Å². The van der Waals surface area contributed by atoms with E-state index in [1.807, 2.05) is 6.92 Å². The zero-order chi connectivity index (χ0) is 13.5. The van der Waals surface area contributed by atoms with Crippen molar-refractivity contribution < 1.29 is 14.9 Å². The van der Waals surface area contributed by atoms with Gasteiger partial charge < -0.3 is 20.7 Å². The van der Waals surface area contributed by atoms with E-state index in [1.165, 1.54) is 0 Å². The van der Waals surface area contributed by atoms with Crippen LogP contribution in [0, 0.1) is 0 Å². The lowest BCUT2D eigenvalue weighted by molar-refractivity contribution is 0.125. The molecule has 18 heavy (non-hydrogen) atoms. The van der Waals surface area contributed by atoms with E-state index in [9.17, 15) is 5.11 Å². The molecule has 0 aliphatic carbocycles. The van der Waals surface area contributed by atoms with Gasteiger partial charge in [-0.3, -0.25) is 0 Å². The number of benzene rings is 1. The normalized spacial score (nSPS) is 14.3. The molecule has 0 fully saturated rings. The summed E-state index contributed by atoms with van der Waals surface area (Å²) in [5.74, 6) is 0.585. The summed E-state index contributed by atoms with van der Waals surface area (Å²) < 4.78 is 5.55. The summed E-state index contributed by atoms with van der Waals surface area (Å²) in [7, 11) is 0. The van der Waals surface area contributed by atoms with Crippen LogP contribution in [0.5, 0.6) is 5.75 Å². The van der Waals surface area contributed by atoms with E-state index in [2.05, 4.69) is 0 Å². The average molecular weight is 274 g/mol. The van der Waals surface area contributed by atoms with Crippen molar-refractivity contribution in [2.24, 2.45) is 5.73 Å². The van der Waals surface area contributed by atoms with Gasteiger partial charge in [0.05, 0.1) is 12.7 Å². The summed E-state index contributed by atoms with van der Waals surface area (Å²) in [4.78, 5) is 0. The number of hydrogen-bond acceptors (Lipinski definition) is 4. The Morgan fingerprint density at radius 2 is 2.17 bits per heavy atom. The monoisotopic (exact) mass is 273 g/mol. The van der Waals surface area contributed by atoms with Gasteiger partial charge in [-0.2, -0.15) is 0 Å². The van der Waals surface area contributed by atoms with E-state index in [1.54, 1.807) is 18.2 Å². The molecule has 5 heteroatoms. The summed E-state index contributed by atoms with van der Waals surface area (Å²) in [5.41, 5.74) is 6.37. The van der Waals surface area contributed by atoms with Gasteiger partial charge >= 0.3 is 0 Å². The van der Waals surface area contributed by atoms with Crippen LogP contribution in [0.4, 0.5) is 0 Å². The molecule has 0 saturated heterocycles. The largest absolute Gasteiger partial charge is 0.493 e. The van der Waals surface area contributed by atoms with Gasteiger partial charge in [0.25, 0.3) is 0 Å². The van der Waals surface area contributed by atoms with Crippen LogP contribution >= 0.6 is 11.6 Å². The minimum Gasteiger partial charge on any atom is -0.493 e. The molecule has 2 unspecified atom stereocenters. The molecule has 1 aromatic carbocycles. The summed E-state index contributed by atoms with van der Waals surface area (Å²) in [6.07, 6.45) is 0.296. The Morgan fingerprint density at radius 3 is 2.78 bits per heavy atom. The predicted molar refractivity (Wildman–Crippen MR) is 71.9 cm³/mol. The summed E-state index contributed by atoms with van der Waals surface area (Å²) in [6, 6.07) is 4.54. The Morgan fingerprint density at radius 1 is 1.44 bits per heavy atom. The van der Waals surface area contributed by atoms with Gasteiger partial charge in [0.1, 0.15) is 5.75 Å². The lowest BCUT2D eigenvalue weighted by atomic mass is 10.00. The van der Waals surface area contributed by atoms with Crippen LogP contribution in [0.15, 0.2) is 18.2 Å². The molecule has 0 saturated carbocycles. The maximum absolute atomic E-state index is 10.2. The van der Waals surface area contributed by atoms with Crippen LogP contribution < -0.4 is 10.5 Å². The van der Waals surface area contributed by atoms with Gasteiger partial charge in [-0.25, -0.2) is 0 Å². The summed E-state index contributed by atoms with van der Waals surface area (Å²) >= 11 is 5.92. The van der Waals surface area contributed by atoms with E-state index >= 15 is 0 Å². The number of hydrogen-bond donors (Lipinski definition) is 3. The molecular weight excluding hydrogens is 254 g/mol. The number of nitrogens with two attached hydrogens (primary N) is 1. The molecule has 0 heterocycles. The number of aliphatic hydroxyl groups excluding tert-OH is 2. The minimum atomic E-state index is -0.900. The van der Waals surface area contributed by atoms with Crippen molar-refractivity contribution in [2.45, 2.75) is 31.9 Å². The molecule has 4 nitrogen and oxygen atoms in total. The van der Waals surface area contributed by atoms with Gasteiger partial charge in [0, 0.05) is 23.2 Å². The standard InChI is InChI=1S/C13H20ClNO3/c1-2-7-18-12-4-3-9(14)8-10(12)13(17)11(15)5-6-16/h3-4,8,11,13,16-17H,2,5-7,15H2,1H3. The first-order valence-corrected chi connectivity index (χ1v) is 6.44. The van der Waals surface area contributed by atoms with Crippen molar-refractivity contribution in [3.8, 4) is 5.75 Å². The number of rotatable bonds is 7. The summed E-state index contributed by atoms with van der Waals surface area (Å²) in [5, 5.41) is 19.5. The van der Waals surface area contributed by atoms with Crippen LogP contribution in [-0.2, 0) is 0 Å². The molecule has 0 aromatic heterocycles. The molecule has 0 aliphatic heterocycles. The second-order valence-corrected chi connectivity index (χ2v) is 4.59. The second kappa shape index (κ2) is 7.59. The molecule has 0 bridgehead atoms. The first-order valence-electron chi connectivity index (χ1n) is 6.06. The number of ether oxygens (including phenoxy) is 1. The molecule has 0 amide bonds. The fourth-order valence-corrected chi connectivity index (χ4v) is 1.81. The van der Waals surface area contributed by atoms with Crippen LogP contribution in [0.25, 0.3) is 0 Å². The van der Waals surface area contributed by atoms with Crippen LogP contribution in [0.2, 0.25) is 5.02 Å². The third kappa shape index (κ3) is 4.14. The summed E-state index contributed by atoms with van der Waals surface area (Å²) in [6.45, 7) is 2.50. The van der Waals surface area contributed by atoms with E-state index in [0.717, 1.165) is 6.42 Å². The van der Waals surface area contributed by atoms with Crippen LogP contribution in [-0.4, -0.2) is 29.5 Å². The van der Waals surface area contributed by atoms with Crippen LogP contribution in [0.3, 0.4) is 0 Å². The van der Waals surface area contributed by atoms with E-state index in [4.69, 9.17) is 27.2 Å². The molecule has 0 aliphatic rings. The Kier molecular flexibility index (Phi) is 6.43. The Hall–Kier alpha value is -0.810. The Balaban J connectivity index is 2.92. The fraction of sp³-hybridized carbons (Fsp3) is 0.538. The van der Waals surface area contributed by atoms with Gasteiger partial charge in [-0.1, -0.05) is 18.5 Å². The molecule has 4 N–H and O–H groups in total. The van der Waals surface area contributed by atoms with Crippen molar-refractivity contribution in [2.75, 3.05) is 13.2 Å². The third-order valence-corrected chi connectivity index (χ3v) is 2.86. The zero-order valence-electron chi connectivity index (χ0n) is 10.5. The number of aliphatic hydroxyl groups is 2. The highest BCUT2D eigenvalue weighted by atomic mass is 35.5. The molecule has 102 valence electrons. The van der Waals surface area contributed by atoms with E-state index in [-0.39, 0.29) is 6.61 Å². The first-order chi connectivity index (χ1) is 8.60. The first kappa shape index (κ1) is 15.2. The van der Waals surface area contributed by atoms with E-state index < -0.39 is 12.1 Å². The number of halogens is 1. The van der Waals surface area contributed by atoms with Gasteiger partial charge in [-0.15, -0.1) is 0 Å². The fourth-order valence-electron chi connectivity index (χ4n) is 1.63. The average Bonchev–Trinajstić information content (AvgIpc) is 2.36. The van der Waals surface area contributed by atoms with Crippen molar-refractivity contribution in [3.05, 3.63) is 28.8 Å². The second-order valence-electron chi connectivity index (χ2n) is 4.15. The lowest BCUT2D eigenvalue weighted by Crippen LogP contribution is -2.29. The third-order valence-electron chi connectivity index (χ3n) is 2.62. The molecule has 1 rings (SSSR count). The molecule has 1 aromatic rings. The van der Waals surface area contributed by atoms with Gasteiger partial charge in [-0.05, 0) is 31.0 Å². The highest BCUT2D eigenvalue weighted by molar-refractivity contribution is 6.30. The van der Waals surface area contributed by atoms with Crippen molar-refractivity contribution in [3.63, 3.8) is 0 Å². The maximum Gasteiger partial charge on any atom is 0.125 e. The SMILES string of the molecule is CCCOc1ccc(Cl)cc1C(O)C(N)CCO. The van der Waals surface area contributed by atoms with Crippen molar-refractivity contribution >= 4 is 11.6 Å². The van der Waals surface area contributed by atoms with Gasteiger partial charge in [0.2, 0.25) is 0 Å². The molecule has 2 atom stereocenters. The van der Waals surface area contributed by atoms with E-state index in [0.29, 0.717) is 29.4 Å². The molecule has 0 spiro atoms. The maximum atomic E-state index is 10.2. The molecular formula is C13H20ClNO3. The van der Waals surface area contributed by atoms with Gasteiger partial charge in [0.15, 0.2) is 0 Å². The smallest absolute Gasteiger partial charge is 0.125 e. The Labute approximate surface area is 112 Å². The predicted octanol–water partition coefficient (Wildman–Crippen LogP) is 1.87. The van der Waals surface area contributed by atoms with Crippen LogP contribution in [0.1, 0.15) is 31.4 Å².